The molecule has 4 heterocycles. The molecule has 2 saturated heterocycles. The number of anilines is 1. The van der Waals surface area contributed by atoms with E-state index in [-0.39, 0.29) is 18.3 Å². The second-order valence-corrected chi connectivity index (χ2v) is 9.50. The van der Waals surface area contributed by atoms with E-state index in [4.69, 9.17) is 14.2 Å². The van der Waals surface area contributed by atoms with Crippen molar-refractivity contribution in [2.24, 2.45) is 0 Å². The first-order valence-corrected chi connectivity index (χ1v) is 11.8. The maximum Gasteiger partial charge on any atom is 0.167 e. The standard InChI is InChI=1S/C25H29N5O3/c1-25(2)32-20-18(13-12-16-8-4-3-5-9-16)31-24(21(20)33-25)30-15-28-19-22(26-14-27-23(19)30)29-17-10-6-7-11-17/h3-5,8-9,12-15,17-18,20-21,24H,6-7,10-11H2,1-2H3,(H,26,27,29). The van der Waals surface area contributed by atoms with Crippen LogP contribution in [0.3, 0.4) is 0 Å². The molecule has 1 N–H and O–H groups in total. The van der Waals surface area contributed by atoms with Crippen LogP contribution in [0.2, 0.25) is 0 Å². The average Bonchev–Trinajstić information content (AvgIpc) is 3.58. The Balaban J connectivity index is 1.31. The van der Waals surface area contributed by atoms with Gasteiger partial charge in [-0.3, -0.25) is 4.57 Å². The second kappa shape index (κ2) is 8.20. The third kappa shape index (κ3) is 3.92. The maximum absolute atomic E-state index is 6.47. The van der Waals surface area contributed by atoms with Gasteiger partial charge in [0.1, 0.15) is 24.6 Å². The molecule has 4 atom stereocenters. The minimum Gasteiger partial charge on any atom is -0.365 e. The molecule has 0 amide bonds. The number of fused-ring (bicyclic) bond motifs is 2. The number of nitrogens with zero attached hydrogens (tertiary/aromatic N) is 4. The first kappa shape index (κ1) is 20.8. The third-order valence-electron chi connectivity index (χ3n) is 6.67. The van der Waals surface area contributed by atoms with Crippen LogP contribution in [0.4, 0.5) is 5.82 Å². The second-order valence-electron chi connectivity index (χ2n) is 9.50. The predicted molar refractivity (Wildman–Crippen MR) is 124 cm³/mol. The van der Waals surface area contributed by atoms with Crippen LogP contribution in [-0.2, 0) is 14.2 Å². The topological polar surface area (TPSA) is 83.3 Å². The molecule has 0 spiro atoms. The van der Waals surface area contributed by atoms with Gasteiger partial charge in [0.2, 0.25) is 0 Å². The van der Waals surface area contributed by atoms with E-state index in [0.29, 0.717) is 6.04 Å². The highest BCUT2D eigenvalue weighted by molar-refractivity contribution is 5.82. The quantitative estimate of drug-likeness (QED) is 0.624. The molecule has 1 aromatic carbocycles. The van der Waals surface area contributed by atoms with Crippen molar-refractivity contribution in [2.45, 2.75) is 75.9 Å². The smallest absolute Gasteiger partial charge is 0.167 e. The summed E-state index contributed by atoms with van der Waals surface area (Å²) in [7, 11) is 0. The number of imidazole rings is 1. The highest BCUT2D eigenvalue weighted by Gasteiger charge is 2.55. The summed E-state index contributed by atoms with van der Waals surface area (Å²) in [5, 5.41) is 3.56. The molecule has 8 heteroatoms. The molecule has 1 aliphatic carbocycles. The monoisotopic (exact) mass is 447 g/mol. The van der Waals surface area contributed by atoms with Crippen molar-refractivity contribution in [3.05, 3.63) is 54.6 Å². The van der Waals surface area contributed by atoms with Gasteiger partial charge >= 0.3 is 0 Å². The van der Waals surface area contributed by atoms with Crippen LogP contribution in [0.5, 0.6) is 0 Å². The average molecular weight is 448 g/mol. The molecular formula is C25H29N5O3. The summed E-state index contributed by atoms with van der Waals surface area (Å²) in [6.07, 6.45) is 11.2. The summed E-state index contributed by atoms with van der Waals surface area (Å²) in [6, 6.07) is 10.6. The van der Waals surface area contributed by atoms with Crippen molar-refractivity contribution in [3.63, 3.8) is 0 Å². The van der Waals surface area contributed by atoms with E-state index in [9.17, 15) is 0 Å². The first-order chi connectivity index (χ1) is 16.1. The minimum absolute atomic E-state index is 0.222. The van der Waals surface area contributed by atoms with E-state index in [1.807, 2.05) is 36.6 Å². The van der Waals surface area contributed by atoms with E-state index < -0.39 is 12.0 Å². The highest BCUT2D eigenvalue weighted by Crippen LogP contribution is 2.44. The molecule has 3 aromatic rings. The lowest BCUT2D eigenvalue weighted by atomic mass is 10.1. The Morgan fingerprint density at radius 3 is 2.64 bits per heavy atom. The van der Waals surface area contributed by atoms with Crippen LogP contribution < -0.4 is 5.32 Å². The van der Waals surface area contributed by atoms with Gasteiger partial charge in [-0.25, -0.2) is 15.0 Å². The fourth-order valence-electron chi connectivity index (χ4n) is 5.16. The van der Waals surface area contributed by atoms with Crippen LogP contribution >= 0.6 is 0 Å². The van der Waals surface area contributed by atoms with Crippen LogP contribution in [-0.4, -0.2) is 49.7 Å². The van der Waals surface area contributed by atoms with Gasteiger partial charge < -0.3 is 19.5 Å². The van der Waals surface area contributed by atoms with Crippen molar-refractivity contribution in [1.82, 2.24) is 19.5 Å². The Morgan fingerprint density at radius 1 is 1.03 bits per heavy atom. The molecule has 33 heavy (non-hydrogen) atoms. The molecule has 6 rings (SSSR count). The van der Waals surface area contributed by atoms with Crippen LogP contribution in [0.25, 0.3) is 17.2 Å². The summed E-state index contributed by atoms with van der Waals surface area (Å²) in [6.45, 7) is 3.89. The zero-order valence-corrected chi connectivity index (χ0v) is 18.9. The Kier molecular flexibility index (Phi) is 5.16. The van der Waals surface area contributed by atoms with Gasteiger partial charge in [0.15, 0.2) is 29.0 Å². The molecule has 2 aromatic heterocycles. The van der Waals surface area contributed by atoms with Gasteiger partial charge in [-0.1, -0.05) is 55.3 Å². The lowest BCUT2D eigenvalue weighted by molar-refractivity contribution is -0.191. The molecule has 0 bridgehead atoms. The van der Waals surface area contributed by atoms with Gasteiger partial charge in [0.05, 0.1) is 6.33 Å². The molecule has 8 nitrogen and oxygen atoms in total. The maximum atomic E-state index is 6.47. The number of rotatable bonds is 5. The molecule has 3 fully saturated rings. The number of hydrogen-bond acceptors (Lipinski definition) is 7. The van der Waals surface area contributed by atoms with Crippen molar-refractivity contribution >= 4 is 23.1 Å². The largest absolute Gasteiger partial charge is 0.365 e. The van der Waals surface area contributed by atoms with Crippen LogP contribution in [0, 0.1) is 0 Å². The van der Waals surface area contributed by atoms with Gasteiger partial charge in [-0.05, 0) is 32.3 Å². The number of ether oxygens (including phenoxy) is 3. The Hall–Kier alpha value is -2.81. The summed E-state index contributed by atoms with van der Waals surface area (Å²) in [5.74, 6) is 0.0983. The summed E-state index contributed by atoms with van der Waals surface area (Å²) < 4.78 is 21.0. The normalized spacial score (nSPS) is 29.3. The van der Waals surface area contributed by atoms with E-state index in [1.54, 1.807) is 12.7 Å². The van der Waals surface area contributed by atoms with E-state index in [1.165, 1.54) is 12.8 Å². The summed E-state index contributed by atoms with van der Waals surface area (Å²) >= 11 is 0. The molecule has 1 saturated carbocycles. The van der Waals surface area contributed by atoms with Crippen LogP contribution in [0.1, 0.15) is 51.3 Å². The lowest BCUT2D eigenvalue weighted by Gasteiger charge is -2.24. The Morgan fingerprint density at radius 2 is 1.82 bits per heavy atom. The number of benzene rings is 1. The molecule has 0 radical (unpaired) electrons. The fraction of sp³-hybridized carbons (Fsp3) is 0.480. The lowest BCUT2D eigenvalue weighted by Crippen LogP contribution is -2.28. The first-order valence-electron chi connectivity index (χ1n) is 11.8. The van der Waals surface area contributed by atoms with Crippen molar-refractivity contribution < 1.29 is 14.2 Å². The summed E-state index contributed by atoms with van der Waals surface area (Å²) in [5.41, 5.74) is 2.60. The number of aromatic nitrogens is 4. The summed E-state index contributed by atoms with van der Waals surface area (Å²) in [4.78, 5) is 13.7. The van der Waals surface area contributed by atoms with Gasteiger partial charge in [0, 0.05) is 6.04 Å². The van der Waals surface area contributed by atoms with Crippen LogP contribution in [0.15, 0.2) is 49.1 Å². The molecule has 3 aliphatic rings. The Bertz CT molecular complexity index is 1160. The van der Waals surface area contributed by atoms with Gasteiger partial charge in [0.25, 0.3) is 0 Å². The third-order valence-corrected chi connectivity index (χ3v) is 6.67. The number of hydrogen-bond donors (Lipinski definition) is 1. The highest BCUT2D eigenvalue weighted by atomic mass is 16.8. The van der Waals surface area contributed by atoms with Gasteiger partial charge in [-0.2, -0.15) is 0 Å². The Labute approximate surface area is 193 Å². The van der Waals surface area contributed by atoms with Crippen molar-refractivity contribution in [2.75, 3.05) is 5.32 Å². The van der Waals surface area contributed by atoms with Crippen molar-refractivity contribution in [3.8, 4) is 0 Å². The zero-order valence-electron chi connectivity index (χ0n) is 18.9. The van der Waals surface area contributed by atoms with Gasteiger partial charge in [-0.15, -0.1) is 0 Å². The van der Waals surface area contributed by atoms with Crippen molar-refractivity contribution in [1.29, 1.82) is 0 Å². The SMILES string of the molecule is CC1(C)OC2C(C=Cc3ccccc3)OC(n3cnc4c(NC5CCCC5)ncnc43)C2O1. The van der Waals surface area contributed by atoms with E-state index >= 15 is 0 Å². The zero-order chi connectivity index (χ0) is 22.4. The van der Waals surface area contributed by atoms with E-state index in [0.717, 1.165) is 35.4 Å². The number of nitrogens with one attached hydrogen (secondary N) is 1. The van der Waals surface area contributed by atoms with E-state index in [2.05, 4.69) is 44.6 Å². The molecule has 4 unspecified atom stereocenters. The molecule has 2 aliphatic heterocycles. The molecule has 172 valence electrons. The minimum atomic E-state index is -0.684. The fourth-order valence-corrected chi connectivity index (χ4v) is 5.16. The predicted octanol–water partition coefficient (Wildman–Crippen LogP) is 4.31. The molecular weight excluding hydrogens is 418 g/mol.